The molecule has 4 nitrogen and oxygen atoms in total. The molecule has 0 unspecified atom stereocenters. The molecule has 0 atom stereocenters. The third-order valence-electron chi connectivity index (χ3n) is 3.48. The van der Waals surface area contributed by atoms with Crippen molar-refractivity contribution in [2.45, 2.75) is 44.8 Å². The van der Waals surface area contributed by atoms with E-state index in [1.54, 1.807) is 12.1 Å². The molecule has 0 aliphatic carbocycles. The fourth-order valence-corrected chi connectivity index (χ4v) is 2.30. The topological polar surface area (TPSA) is 61.5 Å². The summed E-state index contributed by atoms with van der Waals surface area (Å²) in [6, 6.07) is 7.41. The molecule has 0 bridgehead atoms. The summed E-state index contributed by atoms with van der Waals surface area (Å²) in [5.74, 6) is -0.304. The molecular weight excluding hydrogens is 254 g/mol. The first-order valence-corrected chi connectivity index (χ1v) is 7.01. The van der Waals surface area contributed by atoms with Gasteiger partial charge in [0.15, 0.2) is 0 Å². The fraction of sp³-hybridized carbons (Fsp3) is 0.562. The number of carbonyl (C=O) groups is 1. The van der Waals surface area contributed by atoms with Crippen LogP contribution in [-0.4, -0.2) is 24.8 Å². The average molecular weight is 277 g/mol. The molecular formula is C16H23NO3. The minimum atomic E-state index is -0.481. The highest BCUT2D eigenvalue weighted by molar-refractivity contribution is 5.89. The van der Waals surface area contributed by atoms with Crippen molar-refractivity contribution in [1.82, 2.24) is 0 Å². The van der Waals surface area contributed by atoms with Gasteiger partial charge >= 0.3 is 5.97 Å². The van der Waals surface area contributed by atoms with E-state index in [2.05, 4.69) is 0 Å². The summed E-state index contributed by atoms with van der Waals surface area (Å²) in [5, 5.41) is 0. The van der Waals surface area contributed by atoms with Gasteiger partial charge in [0.1, 0.15) is 5.60 Å². The smallest absolute Gasteiger partial charge is 0.338 e. The maximum atomic E-state index is 12.0. The van der Waals surface area contributed by atoms with Crippen molar-refractivity contribution >= 4 is 5.97 Å². The van der Waals surface area contributed by atoms with Crippen LogP contribution in [0.2, 0.25) is 0 Å². The Morgan fingerprint density at radius 1 is 1.20 bits per heavy atom. The lowest BCUT2D eigenvalue weighted by Gasteiger charge is -2.34. The predicted octanol–water partition coefficient (Wildman–Crippen LogP) is 2.61. The lowest BCUT2D eigenvalue weighted by Crippen LogP contribution is -2.42. The zero-order chi connectivity index (χ0) is 14.8. The van der Waals surface area contributed by atoms with Gasteiger partial charge in [-0.05, 0) is 51.3 Å². The van der Waals surface area contributed by atoms with E-state index in [0.717, 1.165) is 18.4 Å². The Bertz CT molecular complexity index is 467. The normalized spacial score (nSPS) is 18.6. The lowest BCUT2D eigenvalue weighted by atomic mass is 9.83. The van der Waals surface area contributed by atoms with Crippen molar-refractivity contribution in [3.63, 3.8) is 0 Å². The van der Waals surface area contributed by atoms with Crippen molar-refractivity contribution in [3.05, 3.63) is 35.4 Å². The van der Waals surface area contributed by atoms with Crippen molar-refractivity contribution < 1.29 is 14.3 Å². The van der Waals surface area contributed by atoms with Gasteiger partial charge in [-0.25, -0.2) is 4.79 Å². The van der Waals surface area contributed by atoms with Gasteiger partial charge in [0, 0.05) is 18.8 Å². The SMILES string of the molecule is CC(C)(C)OC(=O)c1ccc(C2(N)CCOCC2)cc1. The van der Waals surface area contributed by atoms with Gasteiger partial charge in [-0.1, -0.05) is 12.1 Å². The van der Waals surface area contributed by atoms with Gasteiger partial charge in [-0.15, -0.1) is 0 Å². The highest BCUT2D eigenvalue weighted by atomic mass is 16.6. The molecule has 0 saturated carbocycles. The molecule has 0 amide bonds. The van der Waals surface area contributed by atoms with Crippen LogP contribution in [0.5, 0.6) is 0 Å². The number of hydrogen-bond donors (Lipinski definition) is 1. The molecule has 110 valence electrons. The van der Waals surface area contributed by atoms with Crippen LogP contribution < -0.4 is 5.73 Å². The Labute approximate surface area is 120 Å². The molecule has 2 rings (SSSR count). The first-order chi connectivity index (χ1) is 9.30. The van der Waals surface area contributed by atoms with Crippen LogP contribution in [-0.2, 0) is 15.0 Å². The minimum absolute atomic E-state index is 0.304. The highest BCUT2D eigenvalue weighted by Crippen LogP contribution is 2.29. The van der Waals surface area contributed by atoms with Gasteiger partial charge < -0.3 is 15.2 Å². The highest BCUT2D eigenvalue weighted by Gasteiger charge is 2.30. The fourth-order valence-electron chi connectivity index (χ4n) is 2.30. The zero-order valence-electron chi connectivity index (χ0n) is 12.4. The quantitative estimate of drug-likeness (QED) is 0.844. The molecule has 0 radical (unpaired) electrons. The average Bonchev–Trinajstić information content (AvgIpc) is 2.38. The van der Waals surface area contributed by atoms with Crippen molar-refractivity contribution in [2.24, 2.45) is 5.73 Å². The molecule has 1 fully saturated rings. The first kappa shape index (κ1) is 15.0. The van der Waals surface area contributed by atoms with Crippen LogP contribution in [0.4, 0.5) is 0 Å². The van der Waals surface area contributed by atoms with Crippen molar-refractivity contribution in [1.29, 1.82) is 0 Å². The summed E-state index contributed by atoms with van der Waals surface area (Å²) in [6.45, 7) is 6.94. The molecule has 1 aliphatic heterocycles. The second-order valence-corrected chi connectivity index (χ2v) is 6.35. The van der Waals surface area contributed by atoms with E-state index in [4.69, 9.17) is 15.2 Å². The largest absolute Gasteiger partial charge is 0.456 e. The predicted molar refractivity (Wildman–Crippen MR) is 77.5 cm³/mol. The van der Waals surface area contributed by atoms with E-state index in [1.807, 2.05) is 32.9 Å². The maximum absolute atomic E-state index is 12.0. The summed E-state index contributed by atoms with van der Waals surface area (Å²) in [6.07, 6.45) is 1.61. The number of esters is 1. The van der Waals surface area contributed by atoms with E-state index in [9.17, 15) is 4.79 Å². The second-order valence-electron chi connectivity index (χ2n) is 6.35. The molecule has 20 heavy (non-hydrogen) atoms. The Morgan fingerprint density at radius 2 is 1.75 bits per heavy atom. The Hall–Kier alpha value is -1.39. The van der Waals surface area contributed by atoms with Gasteiger partial charge in [-0.3, -0.25) is 0 Å². The van der Waals surface area contributed by atoms with Crippen molar-refractivity contribution in [3.8, 4) is 0 Å². The molecule has 0 aromatic heterocycles. The molecule has 1 aliphatic rings. The summed E-state index contributed by atoms with van der Waals surface area (Å²) in [4.78, 5) is 12.0. The number of hydrogen-bond acceptors (Lipinski definition) is 4. The van der Waals surface area contributed by atoms with Crippen LogP contribution >= 0.6 is 0 Å². The number of carbonyl (C=O) groups excluding carboxylic acids is 1. The van der Waals surface area contributed by atoms with E-state index >= 15 is 0 Å². The first-order valence-electron chi connectivity index (χ1n) is 7.01. The third kappa shape index (κ3) is 3.58. The molecule has 0 spiro atoms. The van der Waals surface area contributed by atoms with E-state index < -0.39 is 5.60 Å². The maximum Gasteiger partial charge on any atom is 0.338 e. The van der Waals surface area contributed by atoms with Crippen LogP contribution in [0, 0.1) is 0 Å². The van der Waals surface area contributed by atoms with E-state index in [-0.39, 0.29) is 11.5 Å². The Morgan fingerprint density at radius 3 is 2.25 bits per heavy atom. The van der Waals surface area contributed by atoms with Gasteiger partial charge in [0.2, 0.25) is 0 Å². The number of benzene rings is 1. The summed E-state index contributed by atoms with van der Waals surface area (Å²) >= 11 is 0. The number of ether oxygens (including phenoxy) is 2. The van der Waals surface area contributed by atoms with Crippen LogP contribution in [0.15, 0.2) is 24.3 Å². The molecule has 1 saturated heterocycles. The minimum Gasteiger partial charge on any atom is -0.456 e. The zero-order valence-corrected chi connectivity index (χ0v) is 12.4. The monoisotopic (exact) mass is 277 g/mol. The molecule has 1 aromatic carbocycles. The molecule has 1 heterocycles. The standard InChI is InChI=1S/C16H23NO3/c1-15(2,3)20-14(18)12-4-6-13(7-5-12)16(17)8-10-19-11-9-16/h4-7H,8-11,17H2,1-3H3. The number of rotatable bonds is 2. The van der Waals surface area contributed by atoms with Gasteiger partial charge in [-0.2, -0.15) is 0 Å². The molecule has 4 heteroatoms. The second kappa shape index (κ2) is 5.54. The van der Waals surface area contributed by atoms with Crippen LogP contribution in [0.3, 0.4) is 0 Å². The van der Waals surface area contributed by atoms with Crippen molar-refractivity contribution in [2.75, 3.05) is 13.2 Å². The molecule has 1 aromatic rings. The van der Waals surface area contributed by atoms with Gasteiger partial charge in [0.05, 0.1) is 5.56 Å². The molecule has 2 N–H and O–H groups in total. The van der Waals surface area contributed by atoms with E-state index in [0.29, 0.717) is 18.8 Å². The third-order valence-corrected chi connectivity index (χ3v) is 3.48. The van der Waals surface area contributed by atoms with E-state index in [1.165, 1.54) is 0 Å². The Kier molecular flexibility index (Phi) is 4.16. The summed E-state index contributed by atoms with van der Waals surface area (Å²) in [5.41, 5.74) is 7.19. The van der Waals surface area contributed by atoms with Gasteiger partial charge in [0.25, 0.3) is 0 Å². The number of nitrogens with two attached hydrogens (primary N) is 1. The Balaban J connectivity index is 2.12. The summed E-state index contributed by atoms with van der Waals surface area (Å²) in [7, 11) is 0. The summed E-state index contributed by atoms with van der Waals surface area (Å²) < 4.78 is 10.7. The van der Waals surface area contributed by atoms with Crippen LogP contribution in [0.1, 0.15) is 49.5 Å². The van der Waals surface area contributed by atoms with Crippen LogP contribution in [0.25, 0.3) is 0 Å². The lowest BCUT2D eigenvalue weighted by molar-refractivity contribution is 0.00692.